The summed E-state index contributed by atoms with van der Waals surface area (Å²) in [6.45, 7) is 4.13. The Balaban J connectivity index is 4.12. The number of phosphoric ester groups is 1. The number of phosphoric acid groups is 1. The molecule has 0 aliphatic heterocycles. The lowest BCUT2D eigenvalue weighted by molar-refractivity contribution is -0.870. The molecule has 0 radical (unpaired) electrons. The molecular weight excluding hydrogens is 1050 g/mol. The highest BCUT2D eigenvalue weighted by Gasteiger charge is 2.22. The molecule has 0 amide bonds. The van der Waals surface area contributed by atoms with Crippen molar-refractivity contribution in [2.45, 2.75) is 309 Å². The number of hydrogen-bond donors (Lipinski definition) is 0. The molecule has 0 aliphatic carbocycles. The average molecular weight is 1180 g/mol. The van der Waals surface area contributed by atoms with Gasteiger partial charge in [-0.05, 0) is 77.0 Å². The molecule has 0 bridgehead atoms. The fourth-order valence-corrected chi connectivity index (χ4v) is 10.3. The first-order chi connectivity index (χ1) is 40.5. The monoisotopic (exact) mass is 1180 g/mol. The van der Waals surface area contributed by atoms with E-state index in [2.05, 4.69) is 111 Å². The molecule has 10 heteroatoms. The number of allylic oxidation sites excluding steroid dienone is 16. The summed E-state index contributed by atoms with van der Waals surface area (Å²) in [5, 5.41) is 0. The third-order valence-electron chi connectivity index (χ3n) is 14.9. The number of hydrogen-bond acceptors (Lipinski definition) is 8. The SMILES string of the molecule is CC/C=C\C/C=C\C/C=C\C/C=C\C/C=C\C/C=C\C/C=C\C/C=C\CCCCCCC(=O)OC(COC(=O)CCCCCCCCCCCCCCCCCCCCCCCCCCCCCCCC)COP(=O)([O-])OCC[N+](C)(C)C. The first-order valence-electron chi connectivity index (χ1n) is 34.4. The molecule has 0 aromatic heterocycles. The standard InChI is InChI=1S/C73H130NO8P/c1-6-8-10-12-14-16-18-20-22-24-26-28-30-32-34-36-38-39-41-43-45-47-49-51-53-55-57-59-61-63-65-72(75)79-69-71(70-81-83(77,78)80-68-67-74(3,4)5)82-73(76)66-64-62-60-58-56-54-52-50-48-46-44-42-40-37-35-33-31-29-27-25-23-21-19-17-15-13-11-9-7-2/h9,11,15,17,21,23,27,29,33,35,40,42,46,48,52,54,71H,6-8,10,12-14,16,18-20,22,24-26,28,30-32,34,36-39,41,43-45,47,49-51,53,55-70H2,1-5H3/b11-9-,17-15-,23-21-,29-27-,35-33-,42-40-,48-46-,54-52-. The van der Waals surface area contributed by atoms with Gasteiger partial charge in [0.2, 0.25) is 0 Å². The maximum atomic E-state index is 12.8. The Labute approximate surface area is 513 Å². The summed E-state index contributed by atoms with van der Waals surface area (Å²) in [5.41, 5.74) is 0. The number of rotatable bonds is 63. The highest BCUT2D eigenvalue weighted by molar-refractivity contribution is 7.45. The van der Waals surface area contributed by atoms with E-state index < -0.39 is 26.5 Å². The summed E-state index contributed by atoms with van der Waals surface area (Å²) in [6, 6.07) is 0. The van der Waals surface area contributed by atoms with Crippen molar-refractivity contribution in [1.29, 1.82) is 0 Å². The smallest absolute Gasteiger partial charge is 0.306 e. The van der Waals surface area contributed by atoms with E-state index >= 15 is 0 Å². The van der Waals surface area contributed by atoms with E-state index in [1.165, 1.54) is 173 Å². The molecule has 0 aromatic rings. The molecule has 2 atom stereocenters. The van der Waals surface area contributed by atoms with E-state index in [1.54, 1.807) is 0 Å². The van der Waals surface area contributed by atoms with Gasteiger partial charge in [0.05, 0.1) is 27.7 Å². The van der Waals surface area contributed by atoms with Gasteiger partial charge < -0.3 is 27.9 Å². The molecule has 0 aromatic carbocycles. The van der Waals surface area contributed by atoms with Crippen LogP contribution in [0.3, 0.4) is 0 Å². The Kier molecular flexibility index (Phi) is 61.1. The first-order valence-corrected chi connectivity index (χ1v) is 35.9. The maximum Gasteiger partial charge on any atom is 0.306 e. The minimum atomic E-state index is -4.65. The van der Waals surface area contributed by atoms with Gasteiger partial charge in [-0.2, -0.15) is 0 Å². The minimum Gasteiger partial charge on any atom is -0.756 e. The molecule has 0 heterocycles. The molecule has 0 saturated carbocycles. The number of ether oxygens (including phenoxy) is 2. The minimum absolute atomic E-state index is 0.0397. The van der Waals surface area contributed by atoms with Crippen LogP contribution in [0.1, 0.15) is 303 Å². The molecule has 83 heavy (non-hydrogen) atoms. The third kappa shape index (κ3) is 67.9. The summed E-state index contributed by atoms with van der Waals surface area (Å²) < 4.78 is 34.3. The van der Waals surface area contributed by atoms with Crippen molar-refractivity contribution >= 4 is 19.8 Å². The van der Waals surface area contributed by atoms with Gasteiger partial charge in [0, 0.05) is 12.8 Å². The summed E-state index contributed by atoms with van der Waals surface area (Å²) in [7, 11) is 1.15. The highest BCUT2D eigenvalue weighted by Crippen LogP contribution is 2.38. The van der Waals surface area contributed by atoms with Gasteiger partial charge in [-0.15, -0.1) is 0 Å². The number of carbonyl (C=O) groups is 2. The number of unbranched alkanes of at least 4 members (excludes halogenated alkanes) is 33. The Bertz CT molecular complexity index is 1720. The number of carbonyl (C=O) groups excluding carboxylic acids is 2. The molecular formula is C73H130NO8P. The predicted molar refractivity (Wildman–Crippen MR) is 355 cm³/mol. The van der Waals surface area contributed by atoms with Crippen LogP contribution in [0, 0.1) is 0 Å². The van der Waals surface area contributed by atoms with E-state index in [0.717, 1.165) is 96.3 Å². The molecule has 0 N–H and O–H groups in total. The van der Waals surface area contributed by atoms with Crippen molar-refractivity contribution in [3.8, 4) is 0 Å². The molecule has 0 aliphatic rings. The van der Waals surface area contributed by atoms with Crippen LogP contribution < -0.4 is 4.89 Å². The van der Waals surface area contributed by atoms with E-state index in [0.29, 0.717) is 17.4 Å². The van der Waals surface area contributed by atoms with Gasteiger partial charge in [0.25, 0.3) is 7.82 Å². The van der Waals surface area contributed by atoms with Crippen molar-refractivity contribution in [3.05, 3.63) is 97.2 Å². The molecule has 0 fully saturated rings. The topological polar surface area (TPSA) is 111 Å². The Morgan fingerprint density at radius 1 is 0.386 bits per heavy atom. The van der Waals surface area contributed by atoms with Crippen LogP contribution >= 0.6 is 7.82 Å². The number of likely N-dealkylation sites (N-methyl/N-ethyl adjacent to an activating group) is 1. The lowest BCUT2D eigenvalue weighted by Crippen LogP contribution is -2.37. The van der Waals surface area contributed by atoms with Crippen molar-refractivity contribution < 1.29 is 42.1 Å². The van der Waals surface area contributed by atoms with Crippen molar-refractivity contribution in [2.24, 2.45) is 0 Å². The van der Waals surface area contributed by atoms with Gasteiger partial charge in [0.1, 0.15) is 19.8 Å². The summed E-state index contributed by atoms with van der Waals surface area (Å²) >= 11 is 0. The zero-order chi connectivity index (χ0) is 60.5. The first kappa shape index (κ1) is 79.9. The van der Waals surface area contributed by atoms with Crippen LogP contribution in [-0.2, 0) is 32.7 Å². The van der Waals surface area contributed by atoms with E-state index in [4.69, 9.17) is 18.5 Å². The van der Waals surface area contributed by atoms with Crippen LogP contribution in [0.4, 0.5) is 0 Å². The van der Waals surface area contributed by atoms with Crippen LogP contribution in [0.5, 0.6) is 0 Å². The molecule has 9 nitrogen and oxygen atoms in total. The Hall–Kier alpha value is -3.07. The average Bonchev–Trinajstić information content (AvgIpc) is 3.49. The lowest BCUT2D eigenvalue weighted by Gasteiger charge is -2.28. The van der Waals surface area contributed by atoms with Crippen LogP contribution in [-0.4, -0.2) is 70.0 Å². The van der Waals surface area contributed by atoms with Gasteiger partial charge in [0.15, 0.2) is 6.10 Å². The fourth-order valence-electron chi connectivity index (χ4n) is 9.62. The van der Waals surface area contributed by atoms with Crippen LogP contribution in [0.2, 0.25) is 0 Å². The summed E-state index contributed by atoms with van der Waals surface area (Å²) in [5.74, 6) is -0.857. The molecule has 0 saturated heterocycles. The number of nitrogens with zero attached hydrogens (tertiary/aromatic N) is 1. The fraction of sp³-hybridized carbons (Fsp3) is 0.753. The quantitative estimate of drug-likeness (QED) is 0.0195. The van der Waals surface area contributed by atoms with Crippen molar-refractivity contribution in [1.82, 2.24) is 0 Å². The molecule has 2 unspecified atom stereocenters. The molecule has 0 spiro atoms. The van der Waals surface area contributed by atoms with Gasteiger partial charge in [-0.1, -0.05) is 310 Å². The Morgan fingerprint density at radius 2 is 0.687 bits per heavy atom. The highest BCUT2D eigenvalue weighted by atomic mass is 31.2. The third-order valence-corrected chi connectivity index (χ3v) is 15.8. The van der Waals surface area contributed by atoms with Gasteiger partial charge in [-0.25, -0.2) is 0 Å². The van der Waals surface area contributed by atoms with Crippen molar-refractivity contribution in [2.75, 3.05) is 47.5 Å². The van der Waals surface area contributed by atoms with Crippen molar-refractivity contribution in [3.63, 3.8) is 0 Å². The maximum absolute atomic E-state index is 12.8. The number of esters is 2. The second-order valence-corrected chi connectivity index (χ2v) is 25.6. The van der Waals surface area contributed by atoms with E-state index in [1.807, 2.05) is 21.1 Å². The second-order valence-electron chi connectivity index (χ2n) is 24.2. The predicted octanol–water partition coefficient (Wildman–Crippen LogP) is 21.7. The summed E-state index contributed by atoms with van der Waals surface area (Å²) in [4.78, 5) is 38.0. The lowest BCUT2D eigenvalue weighted by atomic mass is 10.0. The van der Waals surface area contributed by atoms with Gasteiger partial charge >= 0.3 is 11.9 Å². The van der Waals surface area contributed by atoms with Crippen LogP contribution in [0.25, 0.3) is 0 Å². The van der Waals surface area contributed by atoms with Crippen LogP contribution in [0.15, 0.2) is 97.2 Å². The molecule has 0 rings (SSSR count). The number of quaternary nitrogens is 1. The van der Waals surface area contributed by atoms with E-state index in [-0.39, 0.29) is 32.0 Å². The zero-order valence-corrected chi connectivity index (χ0v) is 55.5. The summed E-state index contributed by atoms with van der Waals surface area (Å²) in [6.07, 6.45) is 87.8. The zero-order valence-electron chi connectivity index (χ0n) is 54.6. The Morgan fingerprint density at radius 3 is 1.02 bits per heavy atom. The second kappa shape index (κ2) is 63.4. The normalized spacial score (nSPS) is 13.8. The molecule has 480 valence electrons. The van der Waals surface area contributed by atoms with E-state index in [9.17, 15) is 19.0 Å². The van der Waals surface area contributed by atoms with Gasteiger partial charge in [-0.3, -0.25) is 14.2 Å². The largest absolute Gasteiger partial charge is 0.756 e.